The number of pyridine rings is 1. The number of alkyl halides is 2. The zero-order valence-corrected chi connectivity index (χ0v) is 17.1. The average molecular weight is 460 g/mol. The number of benzene rings is 2. The third kappa shape index (κ3) is 4.47. The van der Waals surface area contributed by atoms with Crippen LogP contribution in [0.5, 0.6) is 0 Å². The van der Waals surface area contributed by atoms with Crippen LogP contribution in [-0.2, 0) is 16.6 Å². The molecular formula is C21H15F3N4O3S. The minimum atomic E-state index is -4.06. The zero-order chi connectivity index (χ0) is 22.7. The van der Waals surface area contributed by atoms with E-state index in [0.29, 0.717) is 11.1 Å². The summed E-state index contributed by atoms with van der Waals surface area (Å²) in [5.41, 5.74) is 1.08. The van der Waals surface area contributed by atoms with E-state index in [0.717, 1.165) is 10.4 Å². The maximum Gasteiger partial charge on any atom is 0.314 e. The third-order valence-corrected chi connectivity index (χ3v) is 6.23. The van der Waals surface area contributed by atoms with Crippen LogP contribution in [0.4, 0.5) is 18.9 Å². The van der Waals surface area contributed by atoms with Crippen LogP contribution >= 0.6 is 0 Å². The van der Waals surface area contributed by atoms with E-state index in [9.17, 15) is 21.6 Å². The van der Waals surface area contributed by atoms with Gasteiger partial charge in [-0.15, -0.1) is 10.2 Å². The number of anilines is 1. The second-order valence-electron chi connectivity index (χ2n) is 6.62. The Morgan fingerprint density at radius 2 is 1.78 bits per heavy atom. The number of nitrogens with zero attached hydrogens (tertiary/aromatic N) is 4. The average Bonchev–Trinajstić information content (AvgIpc) is 3.29. The third-order valence-electron chi connectivity index (χ3n) is 4.47. The molecule has 11 heteroatoms. The summed E-state index contributed by atoms with van der Waals surface area (Å²) in [7, 11) is -4.06. The molecule has 0 radical (unpaired) electrons. The summed E-state index contributed by atoms with van der Waals surface area (Å²) in [4.78, 5) is 3.80. The van der Waals surface area contributed by atoms with Crippen molar-refractivity contribution >= 4 is 15.7 Å². The number of halogens is 3. The standard InChI is InChI=1S/C21H15F3N4O3S/c22-16-3-1-4-17(11-16)28(32(29,30)18-5-2-10-25-12-18)13-14-6-8-15(9-7-14)20-26-27-21(31-20)19(23)24/h1-12,19H,13H2. The van der Waals surface area contributed by atoms with Gasteiger partial charge < -0.3 is 4.42 Å². The fraction of sp³-hybridized carbons (Fsp3) is 0.0952. The van der Waals surface area contributed by atoms with Gasteiger partial charge in [-0.3, -0.25) is 9.29 Å². The van der Waals surface area contributed by atoms with Gasteiger partial charge in [-0.2, -0.15) is 8.78 Å². The molecule has 32 heavy (non-hydrogen) atoms. The Kier molecular flexibility index (Phi) is 5.91. The summed E-state index contributed by atoms with van der Waals surface area (Å²) in [6, 6.07) is 14.4. The fourth-order valence-corrected chi connectivity index (χ4v) is 4.34. The topological polar surface area (TPSA) is 89.2 Å². The van der Waals surface area contributed by atoms with Crippen LogP contribution in [0, 0.1) is 5.82 Å². The molecule has 0 saturated heterocycles. The molecule has 0 bridgehead atoms. The van der Waals surface area contributed by atoms with Crippen LogP contribution in [0.15, 0.2) is 82.4 Å². The van der Waals surface area contributed by atoms with E-state index in [-0.39, 0.29) is 23.0 Å². The van der Waals surface area contributed by atoms with Gasteiger partial charge >= 0.3 is 6.43 Å². The van der Waals surface area contributed by atoms with E-state index >= 15 is 0 Å². The van der Waals surface area contributed by atoms with Crippen molar-refractivity contribution in [2.45, 2.75) is 17.9 Å². The number of aromatic nitrogens is 3. The summed E-state index contributed by atoms with van der Waals surface area (Å²) in [5.74, 6) is -1.46. The van der Waals surface area contributed by atoms with Crippen LogP contribution in [0.2, 0.25) is 0 Å². The van der Waals surface area contributed by atoms with Crippen molar-refractivity contribution in [2.75, 3.05) is 4.31 Å². The monoisotopic (exact) mass is 460 g/mol. The molecule has 0 unspecified atom stereocenters. The summed E-state index contributed by atoms with van der Waals surface area (Å²) in [6.45, 7) is -0.118. The molecule has 0 saturated carbocycles. The highest BCUT2D eigenvalue weighted by molar-refractivity contribution is 7.92. The maximum absolute atomic E-state index is 13.8. The summed E-state index contributed by atoms with van der Waals surface area (Å²) in [5, 5.41) is 6.86. The molecule has 2 aromatic heterocycles. The Bertz CT molecular complexity index is 1310. The predicted molar refractivity (Wildman–Crippen MR) is 109 cm³/mol. The quantitative estimate of drug-likeness (QED) is 0.400. The Morgan fingerprint density at radius 3 is 2.41 bits per heavy atom. The lowest BCUT2D eigenvalue weighted by atomic mass is 10.1. The van der Waals surface area contributed by atoms with Crippen LogP contribution in [0.3, 0.4) is 0 Å². The first-order valence-electron chi connectivity index (χ1n) is 9.24. The molecule has 0 N–H and O–H groups in total. The van der Waals surface area contributed by atoms with Gasteiger partial charge in [0.15, 0.2) is 0 Å². The lowest BCUT2D eigenvalue weighted by Gasteiger charge is -2.24. The molecule has 4 rings (SSSR count). The molecule has 4 aromatic rings. The first-order chi connectivity index (χ1) is 15.3. The highest BCUT2D eigenvalue weighted by Gasteiger charge is 2.26. The molecule has 0 fully saturated rings. The predicted octanol–water partition coefficient (Wildman–Crippen LogP) is 4.60. The molecule has 0 aliphatic carbocycles. The maximum atomic E-state index is 13.8. The smallest absolute Gasteiger partial charge is 0.314 e. The highest BCUT2D eigenvalue weighted by Crippen LogP contribution is 2.28. The normalized spacial score (nSPS) is 11.6. The Hall–Kier alpha value is -3.73. The molecule has 2 heterocycles. The molecule has 0 aliphatic rings. The Balaban J connectivity index is 1.67. The van der Waals surface area contributed by atoms with Crippen molar-refractivity contribution in [1.29, 1.82) is 0 Å². The molecule has 0 spiro atoms. The van der Waals surface area contributed by atoms with Crippen molar-refractivity contribution in [3.8, 4) is 11.5 Å². The van der Waals surface area contributed by atoms with Crippen LogP contribution in [0.1, 0.15) is 17.9 Å². The van der Waals surface area contributed by atoms with Gasteiger partial charge in [-0.25, -0.2) is 12.8 Å². The number of rotatable bonds is 7. The van der Waals surface area contributed by atoms with Gasteiger partial charge in [0.2, 0.25) is 5.89 Å². The molecular weight excluding hydrogens is 445 g/mol. The summed E-state index contributed by atoms with van der Waals surface area (Å²) < 4.78 is 71.7. The van der Waals surface area contributed by atoms with Gasteiger partial charge in [0.1, 0.15) is 10.7 Å². The number of hydrogen-bond acceptors (Lipinski definition) is 6. The molecule has 0 aliphatic heterocycles. The molecule has 7 nitrogen and oxygen atoms in total. The van der Waals surface area contributed by atoms with Gasteiger partial charge in [-0.05, 0) is 48.0 Å². The fourth-order valence-electron chi connectivity index (χ4n) is 2.93. The second-order valence-corrected chi connectivity index (χ2v) is 8.49. The summed E-state index contributed by atoms with van der Waals surface area (Å²) >= 11 is 0. The van der Waals surface area contributed by atoms with Crippen molar-refractivity contribution in [1.82, 2.24) is 15.2 Å². The van der Waals surface area contributed by atoms with Crippen molar-refractivity contribution in [2.24, 2.45) is 0 Å². The number of hydrogen-bond donors (Lipinski definition) is 0. The highest BCUT2D eigenvalue weighted by atomic mass is 32.2. The van der Waals surface area contributed by atoms with E-state index in [1.54, 1.807) is 24.3 Å². The number of sulfonamides is 1. The lowest BCUT2D eigenvalue weighted by molar-refractivity contribution is 0.116. The largest absolute Gasteiger partial charge is 0.415 e. The first-order valence-corrected chi connectivity index (χ1v) is 10.7. The van der Waals surface area contributed by atoms with E-state index in [4.69, 9.17) is 4.42 Å². The van der Waals surface area contributed by atoms with E-state index in [2.05, 4.69) is 15.2 Å². The van der Waals surface area contributed by atoms with Crippen molar-refractivity contribution in [3.63, 3.8) is 0 Å². The van der Waals surface area contributed by atoms with E-state index in [1.165, 1.54) is 42.7 Å². The Morgan fingerprint density at radius 1 is 1.00 bits per heavy atom. The lowest BCUT2D eigenvalue weighted by Crippen LogP contribution is -2.30. The van der Waals surface area contributed by atoms with Gasteiger partial charge in [0.25, 0.3) is 15.9 Å². The van der Waals surface area contributed by atoms with Crippen LogP contribution in [0.25, 0.3) is 11.5 Å². The molecule has 0 atom stereocenters. The molecule has 2 aromatic carbocycles. The first kappa shape index (κ1) is 21.5. The van der Waals surface area contributed by atoms with E-state index in [1.807, 2.05) is 0 Å². The minimum Gasteiger partial charge on any atom is -0.415 e. The van der Waals surface area contributed by atoms with Crippen molar-refractivity contribution in [3.05, 3.63) is 90.3 Å². The van der Waals surface area contributed by atoms with Crippen LogP contribution in [-0.4, -0.2) is 23.6 Å². The van der Waals surface area contributed by atoms with Crippen molar-refractivity contribution < 1.29 is 26.0 Å². The molecule has 0 amide bonds. The molecule has 164 valence electrons. The zero-order valence-electron chi connectivity index (χ0n) is 16.3. The summed E-state index contributed by atoms with van der Waals surface area (Å²) in [6.07, 6.45) is -0.227. The minimum absolute atomic E-state index is 0.0498. The van der Waals surface area contributed by atoms with Crippen LogP contribution < -0.4 is 4.31 Å². The van der Waals surface area contributed by atoms with Gasteiger partial charge in [0, 0.05) is 18.0 Å². The van der Waals surface area contributed by atoms with Gasteiger partial charge in [0.05, 0.1) is 12.2 Å². The SMILES string of the molecule is O=S(=O)(c1cccnc1)N(Cc1ccc(-c2nnc(C(F)F)o2)cc1)c1cccc(F)c1. The van der Waals surface area contributed by atoms with Gasteiger partial charge in [-0.1, -0.05) is 18.2 Å². The second kappa shape index (κ2) is 8.79. The Labute approximate surface area is 181 Å². The van der Waals surface area contributed by atoms with E-state index < -0.39 is 28.2 Å².